The Kier molecular flexibility index (Phi) is 5.85. The van der Waals surface area contributed by atoms with E-state index >= 15 is 0 Å². The number of anilines is 3. The number of nitrogens with zero attached hydrogens (tertiary/aromatic N) is 1. The number of methoxy groups -OCH3 is 2. The molecule has 2 aromatic carbocycles. The van der Waals surface area contributed by atoms with Gasteiger partial charge in [0.05, 0.1) is 35.6 Å². The fraction of sp³-hybridized carbons (Fsp3) is 0.174. The molecule has 160 valence electrons. The Bertz CT molecular complexity index is 1150. The Morgan fingerprint density at radius 1 is 1.10 bits per heavy atom. The van der Waals surface area contributed by atoms with Crippen molar-refractivity contribution in [2.75, 3.05) is 31.9 Å². The Balaban J connectivity index is 1.71. The van der Waals surface area contributed by atoms with Gasteiger partial charge >= 0.3 is 0 Å². The van der Waals surface area contributed by atoms with Crippen LogP contribution in [0.2, 0.25) is 10.0 Å². The van der Waals surface area contributed by atoms with Gasteiger partial charge in [0.2, 0.25) is 0 Å². The molecule has 0 saturated carbocycles. The van der Waals surface area contributed by atoms with E-state index in [1.165, 1.54) is 0 Å². The normalized spacial score (nSPS) is 12.5. The minimum atomic E-state index is 0.277. The first-order chi connectivity index (χ1) is 14.9. The summed E-state index contributed by atoms with van der Waals surface area (Å²) in [6.07, 6.45) is 3.67. The van der Waals surface area contributed by atoms with Crippen LogP contribution < -0.4 is 25.3 Å². The van der Waals surface area contributed by atoms with Crippen LogP contribution in [-0.4, -0.2) is 25.8 Å². The van der Waals surface area contributed by atoms with Crippen LogP contribution in [0.4, 0.5) is 17.2 Å². The SMILES string of the molecule is COc1cc(OC)c(Cl)c(C2=Cc3cnc(Nc4c(C)cccc4N)cc3OC2)c1Cl. The third-order valence-corrected chi connectivity index (χ3v) is 5.81. The fourth-order valence-electron chi connectivity index (χ4n) is 3.44. The van der Waals surface area contributed by atoms with Gasteiger partial charge in [0.25, 0.3) is 0 Å². The maximum atomic E-state index is 6.55. The molecule has 0 radical (unpaired) electrons. The molecule has 8 heteroatoms. The lowest BCUT2D eigenvalue weighted by Gasteiger charge is -2.22. The number of aryl methyl sites for hydroxylation is 1. The van der Waals surface area contributed by atoms with E-state index in [4.69, 9.17) is 43.1 Å². The van der Waals surface area contributed by atoms with E-state index in [1.54, 1.807) is 26.5 Å². The van der Waals surface area contributed by atoms with E-state index in [9.17, 15) is 0 Å². The van der Waals surface area contributed by atoms with E-state index in [2.05, 4.69) is 10.3 Å². The summed E-state index contributed by atoms with van der Waals surface area (Å²) in [5.41, 5.74) is 10.8. The molecule has 31 heavy (non-hydrogen) atoms. The molecular weight excluding hydrogens is 437 g/mol. The Labute approximate surface area is 190 Å². The molecule has 0 aliphatic carbocycles. The monoisotopic (exact) mass is 457 g/mol. The van der Waals surface area contributed by atoms with Crippen LogP contribution in [0, 0.1) is 6.92 Å². The van der Waals surface area contributed by atoms with Crippen molar-refractivity contribution in [1.82, 2.24) is 4.98 Å². The highest BCUT2D eigenvalue weighted by atomic mass is 35.5. The number of rotatable bonds is 5. The van der Waals surface area contributed by atoms with Gasteiger partial charge in [-0.25, -0.2) is 4.98 Å². The van der Waals surface area contributed by atoms with Gasteiger partial charge in [0.1, 0.15) is 29.7 Å². The summed E-state index contributed by atoms with van der Waals surface area (Å²) in [5, 5.41) is 4.06. The van der Waals surface area contributed by atoms with E-state index in [-0.39, 0.29) is 6.61 Å². The zero-order valence-corrected chi connectivity index (χ0v) is 18.8. The molecule has 0 saturated heterocycles. The summed E-state index contributed by atoms with van der Waals surface area (Å²) >= 11 is 13.1. The highest BCUT2D eigenvalue weighted by Crippen LogP contribution is 2.45. The molecule has 6 nitrogen and oxygen atoms in total. The molecule has 3 N–H and O–H groups in total. The highest BCUT2D eigenvalue weighted by Gasteiger charge is 2.23. The van der Waals surface area contributed by atoms with Crippen LogP contribution in [0.1, 0.15) is 16.7 Å². The first kappa shape index (κ1) is 21.2. The predicted molar refractivity (Wildman–Crippen MR) is 126 cm³/mol. The second kappa shape index (κ2) is 8.57. The molecule has 0 fully saturated rings. The molecule has 1 aromatic heterocycles. The summed E-state index contributed by atoms with van der Waals surface area (Å²) in [7, 11) is 3.08. The number of pyridine rings is 1. The second-order valence-corrected chi connectivity index (χ2v) is 7.77. The Morgan fingerprint density at radius 2 is 1.81 bits per heavy atom. The minimum absolute atomic E-state index is 0.277. The molecule has 0 atom stereocenters. The maximum Gasteiger partial charge on any atom is 0.141 e. The first-order valence-electron chi connectivity index (χ1n) is 9.48. The quantitative estimate of drug-likeness (QED) is 0.459. The number of para-hydroxylation sites is 1. The van der Waals surface area contributed by atoms with E-state index in [0.29, 0.717) is 44.4 Å². The molecule has 2 heterocycles. The van der Waals surface area contributed by atoms with Crippen molar-refractivity contribution >= 4 is 52.0 Å². The summed E-state index contributed by atoms with van der Waals surface area (Å²) < 4.78 is 16.7. The number of benzene rings is 2. The van der Waals surface area contributed by atoms with Gasteiger partial charge in [-0.05, 0) is 24.6 Å². The summed E-state index contributed by atoms with van der Waals surface area (Å²) in [6.45, 7) is 2.26. The largest absolute Gasteiger partial charge is 0.495 e. The number of fused-ring (bicyclic) bond motifs is 1. The first-order valence-corrected chi connectivity index (χ1v) is 10.2. The van der Waals surface area contributed by atoms with Gasteiger partial charge in [-0.3, -0.25) is 0 Å². The standard InChI is InChI=1S/C23H21Cl2N3O3/c1-12-5-4-6-15(26)23(12)28-19-9-16-13(10-27-19)7-14(11-31-16)20-21(24)17(29-2)8-18(30-3)22(20)25/h4-10H,11,26H2,1-3H3,(H,27,28). The third-order valence-electron chi connectivity index (χ3n) is 5.06. The average molecular weight is 458 g/mol. The third kappa shape index (κ3) is 3.96. The molecule has 0 unspecified atom stereocenters. The van der Waals surface area contributed by atoms with Gasteiger partial charge < -0.3 is 25.3 Å². The van der Waals surface area contributed by atoms with Crippen molar-refractivity contribution in [2.24, 2.45) is 0 Å². The number of halogens is 2. The molecule has 3 aromatic rings. The molecule has 1 aliphatic heterocycles. The van der Waals surface area contributed by atoms with Crippen LogP contribution in [0.5, 0.6) is 17.2 Å². The lowest BCUT2D eigenvalue weighted by atomic mass is 10.0. The predicted octanol–water partition coefficient (Wildman–Crippen LogP) is 5.97. The van der Waals surface area contributed by atoms with Crippen LogP contribution in [0.15, 0.2) is 36.5 Å². The van der Waals surface area contributed by atoms with Crippen LogP contribution >= 0.6 is 23.2 Å². The molecule has 0 bridgehead atoms. The number of hydrogen-bond acceptors (Lipinski definition) is 6. The number of nitrogens with two attached hydrogens (primary N) is 1. The molecule has 0 spiro atoms. The smallest absolute Gasteiger partial charge is 0.141 e. The fourth-order valence-corrected chi connectivity index (χ4v) is 4.18. The number of ether oxygens (including phenoxy) is 3. The summed E-state index contributed by atoms with van der Waals surface area (Å²) in [4.78, 5) is 4.50. The number of nitrogens with one attached hydrogen (secondary N) is 1. The van der Waals surface area contributed by atoms with E-state index in [1.807, 2.05) is 37.3 Å². The van der Waals surface area contributed by atoms with Crippen molar-refractivity contribution in [3.8, 4) is 17.2 Å². The second-order valence-electron chi connectivity index (χ2n) is 7.01. The van der Waals surface area contributed by atoms with Gasteiger partial charge in [-0.2, -0.15) is 0 Å². The molecule has 4 rings (SSSR count). The van der Waals surface area contributed by atoms with Crippen molar-refractivity contribution in [2.45, 2.75) is 6.92 Å². The average Bonchev–Trinajstić information content (AvgIpc) is 2.76. The number of nitrogen functional groups attached to an aromatic ring is 1. The maximum absolute atomic E-state index is 6.55. The van der Waals surface area contributed by atoms with Crippen molar-refractivity contribution < 1.29 is 14.2 Å². The Hall–Kier alpha value is -3.09. The van der Waals surface area contributed by atoms with Gasteiger partial charge in [0.15, 0.2) is 0 Å². The van der Waals surface area contributed by atoms with Crippen LogP contribution in [0.25, 0.3) is 11.6 Å². The lowest BCUT2D eigenvalue weighted by molar-refractivity contribution is 0.365. The summed E-state index contributed by atoms with van der Waals surface area (Å²) in [6, 6.07) is 9.23. The zero-order chi connectivity index (χ0) is 22.1. The number of aromatic nitrogens is 1. The topological polar surface area (TPSA) is 78.6 Å². The molecule has 1 aliphatic rings. The highest BCUT2D eigenvalue weighted by molar-refractivity contribution is 6.39. The number of hydrogen-bond donors (Lipinski definition) is 2. The van der Waals surface area contributed by atoms with Crippen molar-refractivity contribution in [3.63, 3.8) is 0 Å². The van der Waals surface area contributed by atoms with Gasteiger partial charge in [-0.1, -0.05) is 35.3 Å². The van der Waals surface area contributed by atoms with Crippen molar-refractivity contribution in [1.29, 1.82) is 0 Å². The zero-order valence-electron chi connectivity index (χ0n) is 17.3. The van der Waals surface area contributed by atoms with E-state index < -0.39 is 0 Å². The van der Waals surface area contributed by atoms with Gasteiger partial charge in [-0.15, -0.1) is 0 Å². The minimum Gasteiger partial charge on any atom is -0.495 e. The van der Waals surface area contributed by atoms with Crippen molar-refractivity contribution in [3.05, 3.63) is 63.3 Å². The molecule has 0 amide bonds. The summed E-state index contributed by atoms with van der Waals surface area (Å²) in [5.74, 6) is 2.27. The van der Waals surface area contributed by atoms with Crippen LogP contribution in [0.3, 0.4) is 0 Å². The van der Waals surface area contributed by atoms with Gasteiger partial charge in [0, 0.05) is 35.0 Å². The van der Waals surface area contributed by atoms with E-state index in [0.717, 1.165) is 22.4 Å². The molecular formula is C23H21Cl2N3O3. The Morgan fingerprint density at radius 3 is 2.45 bits per heavy atom. The lowest BCUT2D eigenvalue weighted by Crippen LogP contribution is -2.09. The van der Waals surface area contributed by atoms with Crippen LogP contribution in [-0.2, 0) is 0 Å².